The summed E-state index contributed by atoms with van der Waals surface area (Å²) in [5.74, 6) is -0.932. The molecule has 3 aliphatic heterocycles. The maximum atomic E-state index is 14.8. The number of carbonyl (C=O) groups excluding carboxylic acids is 1. The second kappa shape index (κ2) is 9.17. The van der Waals surface area contributed by atoms with E-state index in [1.807, 2.05) is 9.80 Å². The van der Waals surface area contributed by atoms with Crippen molar-refractivity contribution in [3.05, 3.63) is 48.2 Å². The molecular formula is C22H19ClF3N7O2. The van der Waals surface area contributed by atoms with E-state index in [1.165, 1.54) is 18.5 Å². The van der Waals surface area contributed by atoms with Crippen molar-refractivity contribution < 1.29 is 22.7 Å². The lowest BCUT2D eigenvalue weighted by Crippen LogP contribution is -2.64. The summed E-state index contributed by atoms with van der Waals surface area (Å²) in [5.41, 5.74) is 0.648. The molecule has 2 atom stereocenters. The van der Waals surface area contributed by atoms with Crippen LogP contribution in [-0.4, -0.2) is 62.5 Å². The standard InChI is InChI=1S/C22H19ClF3N7O2/c1-2-16(34)32-8-12-4-3-11(32)9-33(12)22-27-7-14-19(31-22)20(29-10-28-14)30-13-5-6-15(35-21(25)26)17(23)18(13)24/h2,5-7,10-12,21H,1,3-4,8-9H2,(H,28,29,30)/t11-,12?/m1/s1. The molecule has 9 nitrogen and oxygen atoms in total. The molecule has 3 fully saturated rings. The molecule has 1 unspecified atom stereocenters. The van der Waals surface area contributed by atoms with Gasteiger partial charge in [-0.15, -0.1) is 0 Å². The average Bonchev–Trinajstić information content (AvgIpc) is 2.87. The summed E-state index contributed by atoms with van der Waals surface area (Å²) in [6, 6.07) is 2.41. The van der Waals surface area contributed by atoms with Gasteiger partial charge in [0.15, 0.2) is 11.6 Å². The minimum Gasteiger partial charge on any atom is -0.433 e. The molecule has 0 aliphatic carbocycles. The number of piperidine rings is 2. The van der Waals surface area contributed by atoms with Gasteiger partial charge in [0.1, 0.15) is 28.1 Å². The molecule has 6 rings (SSSR count). The molecule has 1 aromatic carbocycles. The van der Waals surface area contributed by atoms with Crippen LogP contribution in [0.4, 0.5) is 30.6 Å². The minimum absolute atomic E-state index is 0.0274. The Balaban J connectivity index is 1.45. The number of rotatable bonds is 6. The predicted molar refractivity (Wildman–Crippen MR) is 123 cm³/mol. The number of piperazine rings is 1. The van der Waals surface area contributed by atoms with Crippen LogP contribution in [0.1, 0.15) is 12.8 Å². The van der Waals surface area contributed by atoms with E-state index in [-0.39, 0.29) is 29.5 Å². The van der Waals surface area contributed by atoms with Crippen LogP contribution in [0.3, 0.4) is 0 Å². The van der Waals surface area contributed by atoms with E-state index in [9.17, 15) is 18.0 Å². The highest BCUT2D eigenvalue weighted by Gasteiger charge is 2.41. The lowest BCUT2D eigenvalue weighted by atomic mass is 9.91. The molecule has 3 aliphatic rings. The topological polar surface area (TPSA) is 96.4 Å². The van der Waals surface area contributed by atoms with E-state index < -0.39 is 23.2 Å². The first kappa shape index (κ1) is 23.1. The number of benzene rings is 1. The fraction of sp³-hybridized carbons (Fsp3) is 0.318. The molecule has 182 valence electrons. The molecule has 5 heterocycles. The van der Waals surface area contributed by atoms with Crippen molar-refractivity contribution in [3.63, 3.8) is 0 Å². The molecule has 2 aromatic heterocycles. The highest BCUT2D eigenvalue weighted by molar-refractivity contribution is 6.32. The number of fused-ring (bicyclic) bond motifs is 4. The smallest absolute Gasteiger partial charge is 0.387 e. The molecule has 2 bridgehead atoms. The van der Waals surface area contributed by atoms with Crippen LogP contribution >= 0.6 is 11.6 Å². The number of hydrogen-bond acceptors (Lipinski definition) is 8. The molecule has 0 saturated carbocycles. The van der Waals surface area contributed by atoms with Crippen LogP contribution in [0, 0.1) is 5.82 Å². The van der Waals surface area contributed by atoms with E-state index in [2.05, 4.69) is 36.6 Å². The quantitative estimate of drug-likeness (QED) is 0.504. The van der Waals surface area contributed by atoms with E-state index >= 15 is 0 Å². The number of ether oxygens (including phenoxy) is 1. The molecule has 3 saturated heterocycles. The Bertz CT molecular complexity index is 1310. The largest absolute Gasteiger partial charge is 0.433 e. The Morgan fingerprint density at radius 1 is 1.23 bits per heavy atom. The Morgan fingerprint density at radius 2 is 2.03 bits per heavy atom. The molecule has 0 radical (unpaired) electrons. The fourth-order valence-electron chi connectivity index (χ4n) is 4.48. The van der Waals surface area contributed by atoms with Crippen molar-refractivity contribution in [1.29, 1.82) is 0 Å². The van der Waals surface area contributed by atoms with Gasteiger partial charge in [0.05, 0.1) is 11.9 Å². The Kier molecular flexibility index (Phi) is 6.05. The van der Waals surface area contributed by atoms with Gasteiger partial charge in [-0.2, -0.15) is 8.78 Å². The van der Waals surface area contributed by atoms with Crippen LogP contribution < -0.4 is 15.0 Å². The normalized spacial score (nSPS) is 19.3. The van der Waals surface area contributed by atoms with Crippen molar-refractivity contribution in [3.8, 4) is 5.75 Å². The number of amides is 1. The number of aromatic nitrogens is 4. The van der Waals surface area contributed by atoms with Gasteiger partial charge in [-0.25, -0.2) is 24.3 Å². The first-order valence-electron chi connectivity index (χ1n) is 10.7. The lowest BCUT2D eigenvalue weighted by Gasteiger charge is -2.51. The molecular weight excluding hydrogens is 487 g/mol. The maximum absolute atomic E-state index is 14.8. The van der Waals surface area contributed by atoms with E-state index in [0.717, 1.165) is 18.9 Å². The zero-order valence-corrected chi connectivity index (χ0v) is 18.9. The van der Waals surface area contributed by atoms with Gasteiger partial charge in [-0.05, 0) is 31.1 Å². The van der Waals surface area contributed by atoms with Gasteiger partial charge in [0, 0.05) is 25.2 Å². The number of nitrogens with zero attached hydrogens (tertiary/aromatic N) is 6. The van der Waals surface area contributed by atoms with Crippen LogP contribution in [0.5, 0.6) is 5.75 Å². The van der Waals surface area contributed by atoms with Gasteiger partial charge >= 0.3 is 6.61 Å². The summed E-state index contributed by atoms with van der Waals surface area (Å²) in [6.45, 7) is 1.56. The Labute approximate surface area is 202 Å². The van der Waals surface area contributed by atoms with Crippen LogP contribution in [-0.2, 0) is 4.79 Å². The highest BCUT2D eigenvalue weighted by atomic mass is 35.5. The first-order chi connectivity index (χ1) is 16.9. The van der Waals surface area contributed by atoms with Crippen molar-refractivity contribution in [2.75, 3.05) is 23.3 Å². The third-order valence-corrected chi connectivity index (χ3v) is 6.48. The van der Waals surface area contributed by atoms with Gasteiger partial charge in [0.2, 0.25) is 11.9 Å². The SMILES string of the molecule is C=CC(=O)N1CC2CC[C@@H]1CN2c1ncc2ncnc(Nc3ccc(OC(F)F)c(Cl)c3F)c2n1. The maximum Gasteiger partial charge on any atom is 0.387 e. The fourth-order valence-corrected chi connectivity index (χ4v) is 4.69. The van der Waals surface area contributed by atoms with Crippen LogP contribution in [0.2, 0.25) is 5.02 Å². The third-order valence-electron chi connectivity index (χ3n) is 6.12. The monoisotopic (exact) mass is 505 g/mol. The van der Waals surface area contributed by atoms with E-state index in [0.29, 0.717) is 30.1 Å². The molecule has 3 aromatic rings. The van der Waals surface area contributed by atoms with E-state index in [4.69, 9.17) is 11.6 Å². The number of halogens is 4. The van der Waals surface area contributed by atoms with Crippen molar-refractivity contribution >= 4 is 46.0 Å². The Morgan fingerprint density at radius 3 is 2.74 bits per heavy atom. The van der Waals surface area contributed by atoms with Gasteiger partial charge < -0.3 is 19.9 Å². The number of anilines is 3. The number of nitrogens with one attached hydrogen (secondary N) is 1. The van der Waals surface area contributed by atoms with Crippen LogP contribution in [0.15, 0.2) is 37.3 Å². The highest BCUT2D eigenvalue weighted by Crippen LogP contribution is 2.36. The number of carbonyl (C=O) groups is 1. The first-order valence-corrected chi connectivity index (χ1v) is 11.1. The Hall–Kier alpha value is -3.67. The zero-order chi connectivity index (χ0) is 24.7. The second-order valence-corrected chi connectivity index (χ2v) is 8.48. The second-order valence-electron chi connectivity index (χ2n) is 8.10. The van der Waals surface area contributed by atoms with Crippen molar-refractivity contribution in [1.82, 2.24) is 24.8 Å². The molecule has 1 amide bonds. The zero-order valence-electron chi connectivity index (χ0n) is 18.2. The lowest BCUT2D eigenvalue weighted by molar-refractivity contribution is -0.131. The summed E-state index contributed by atoms with van der Waals surface area (Å²) in [6.07, 6.45) is 5.91. The van der Waals surface area contributed by atoms with Crippen molar-refractivity contribution in [2.45, 2.75) is 31.5 Å². The summed E-state index contributed by atoms with van der Waals surface area (Å²) in [7, 11) is 0. The summed E-state index contributed by atoms with van der Waals surface area (Å²) in [4.78, 5) is 33.5. The van der Waals surface area contributed by atoms with Gasteiger partial charge in [0.25, 0.3) is 0 Å². The van der Waals surface area contributed by atoms with E-state index in [1.54, 1.807) is 6.20 Å². The summed E-state index contributed by atoms with van der Waals surface area (Å²) >= 11 is 5.86. The molecule has 35 heavy (non-hydrogen) atoms. The molecule has 0 spiro atoms. The van der Waals surface area contributed by atoms with Gasteiger partial charge in [-0.3, -0.25) is 4.79 Å². The van der Waals surface area contributed by atoms with Gasteiger partial charge in [-0.1, -0.05) is 18.2 Å². The summed E-state index contributed by atoms with van der Waals surface area (Å²) in [5, 5.41) is 2.21. The van der Waals surface area contributed by atoms with Crippen molar-refractivity contribution in [2.24, 2.45) is 0 Å². The number of hydrogen-bond donors (Lipinski definition) is 1. The third kappa shape index (κ3) is 4.29. The molecule has 13 heteroatoms. The molecule has 1 N–H and O–H groups in total. The van der Waals surface area contributed by atoms with Crippen LogP contribution in [0.25, 0.3) is 11.0 Å². The average molecular weight is 506 g/mol. The number of alkyl halides is 2. The minimum atomic E-state index is -3.14. The summed E-state index contributed by atoms with van der Waals surface area (Å²) < 4.78 is 44.0. The predicted octanol–water partition coefficient (Wildman–Crippen LogP) is 3.92.